The van der Waals surface area contributed by atoms with Crippen LogP contribution in [0.3, 0.4) is 0 Å². The Labute approximate surface area is 182 Å². The highest BCUT2D eigenvalue weighted by molar-refractivity contribution is 5.93. The van der Waals surface area contributed by atoms with Crippen LogP contribution in [0.25, 0.3) is 5.69 Å². The molecular formula is C24H28FN5O. The normalized spacial score (nSPS) is 14.6. The van der Waals surface area contributed by atoms with Gasteiger partial charge in [0, 0.05) is 44.3 Å². The topological polar surface area (TPSA) is 53.4 Å². The number of carbonyl (C=O) groups is 1. The quantitative estimate of drug-likeness (QED) is 0.683. The molecule has 1 fully saturated rings. The van der Waals surface area contributed by atoms with E-state index in [1.54, 1.807) is 29.1 Å². The summed E-state index contributed by atoms with van der Waals surface area (Å²) >= 11 is 0. The van der Waals surface area contributed by atoms with Crippen LogP contribution in [0.2, 0.25) is 0 Å². The van der Waals surface area contributed by atoms with Crippen LogP contribution in [0.1, 0.15) is 16.7 Å². The third-order valence-corrected chi connectivity index (χ3v) is 5.70. The van der Waals surface area contributed by atoms with E-state index in [1.165, 1.54) is 11.6 Å². The summed E-state index contributed by atoms with van der Waals surface area (Å²) in [6, 6.07) is 10.9. The van der Waals surface area contributed by atoms with E-state index in [2.05, 4.69) is 39.2 Å². The molecule has 3 aromatic rings. The number of anilines is 2. The van der Waals surface area contributed by atoms with E-state index in [1.807, 2.05) is 19.9 Å². The van der Waals surface area contributed by atoms with Crippen molar-refractivity contribution in [1.82, 2.24) is 14.5 Å². The molecule has 0 bridgehead atoms. The van der Waals surface area contributed by atoms with E-state index in [0.717, 1.165) is 48.9 Å². The largest absolute Gasteiger partial charge is 0.339 e. The number of halogens is 1. The van der Waals surface area contributed by atoms with Crippen LogP contribution in [-0.4, -0.2) is 53.1 Å². The number of aromatic nitrogens is 2. The number of hydrogen-bond donors (Lipinski definition) is 1. The molecule has 6 nitrogen and oxygen atoms in total. The number of nitrogens with zero attached hydrogens (tertiary/aromatic N) is 4. The van der Waals surface area contributed by atoms with Crippen molar-refractivity contribution in [3.8, 4) is 5.69 Å². The maximum atomic E-state index is 14.2. The lowest BCUT2D eigenvalue weighted by molar-refractivity contribution is -0.117. The second-order valence-electron chi connectivity index (χ2n) is 8.13. The van der Waals surface area contributed by atoms with E-state index in [4.69, 9.17) is 0 Å². The summed E-state index contributed by atoms with van der Waals surface area (Å²) in [6.07, 6.45) is 3.47. The monoisotopic (exact) mass is 421 g/mol. The van der Waals surface area contributed by atoms with Gasteiger partial charge in [0.2, 0.25) is 11.9 Å². The van der Waals surface area contributed by atoms with E-state index in [0.29, 0.717) is 12.2 Å². The molecule has 31 heavy (non-hydrogen) atoms. The Bertz CT molecular complexity index is 1060. The minimum atomic E-state index is -0.279. The van der Waals surface area contributed by atoms with E-state index in [9.17, 15) is 9.18 Å². The highest BCUT2D eigenvalue weighted by atomic mass is 19.1. The summed E-state index contributed by atoms with van der Waals surface area (Å²) in [5.74, 6) is 0.440. The van der Waals surface area contributed by atoms with Gasteiger partial charge in [0.25, 0.3) is 0 Å². The summed E-state index contributed by atoms with van der Waals surface area (Å²) in [5.41, 5.74) is 4.74. The molecule has 0 aliphatic carbocycles. The van der Waals surface area contributed by atoms with Gasteiger partial charge in [-0.05, 0) is 44.0 Å². The van der Waals surface area contributed by atoms with Crippen molar-refractivity contribution in [2.24, 2.45) is 0 Å². The summed E-state index contributed by atoms with van der Waals surface area (Å²) in [5, 5.41) is 3.08. The number of hydrogen-bond acceptors (Lipinski definition) is 4. The molecule has 1 N–H and O–H groups in total. The molecule has 7 heteroatoms. The van der Waals surface area contributed by atoms with Crippen LogP contribution in [0, 0.1) is 26.6 Å². The Morgan fingerprint density at radius 1 is 1.06 bits per heavy atom. The van der Waals surface area contributed by atoms with Crippen LogP contribution in [0.5, 0.6) is 0 Å². The molecule has 0 radical (unpaired) electrons. The smallest absolute Gasteiger partial charge is 0.238 e. The standard InChI is InChI=1S/C24H28FN5O/c1-17-14-18(2)23(19(3)15-17)27-22(31)16-28-10-12-29(13-11-28)24-26-8-9-30(24)21-7-5-4-6-20(21)25/h4-9,14-15H,10-13,16H2,1-3H3,(H,27,31). The Morgan fingerprint density at radius 2 is 1.74 bits per heavy atom. The van der Waals surface area contributed by atoms with Crippen LogP contribution in [0.15, 0.2) is 48.8 Å². The summed E-state index contributed by atoms with van der Waals surface area (Å²) in [6.45, 7) is 9.37. The second-order valence-corrected chi connectivity index (χ2v) is 8.13. The number of rotatable bonds is 5. The van der Waals surface area contributed by atoms with Gasteiger partial charge in [-0.1, -0.05) is 29.8 Å². The minimum absolute atomic E-state index is 0.00337. The van der Waals surface area contributed by atoms with Gasteiger partial charge in [0.05, 0.1) is 12.2 Å². The molecule has 0 spiro atoms. The molecule has 1 aliphatic heterocycles. The Kier molecular flexibility index (Phi) is 6.04. The van der Waals surface area contributed by atoms with Gasteiger partial charge in [-0.2, -0.15) is 0 Å². The van der Waals surface area contributed by atoms with Gasteiger partial charge in [-0.15, -0.1) is 0 Å². The molecule has 1 aromatic heterocycles. The summed E-state index contributed by atoms with van der Waals surface area (Å²) in [4.78, 5) is 21.4. The predicted molar refractivity (Wildman–Crippen MR) is 121 cm³/mol. The summed E-state index contributed by atoms with van der Waals surface area (Å²) in [7, 11) is 0. The van der Waals surface area contributed by atoms with Crippen molar-refractivity contribution in [1.29, 1.82) is 0 Å². The highest BCUT2D eigenvalue weighted by Crippen LogP contribution is 2.23. The van der Waals surface area contributed by atoms with Crippen LogP contribution < -0.4 is 10.2 Å². The zero-order valence-corrected chi connectivity index (χ0v) is 18.2. The van der Waals surface area contributed by atoms with Crippen molar-refractivity contribution >= 4 is 17.5 Å². The number of benzene rings is 2. The van der Waals surface area contributed by atoms with Crippen molar-refractivity contribution in [2.45, 2.75) is 20.8 Å². The van der Waals surface area contributed by atoms with Crippen molar-refractivity contribution < 1.29 is 9.18 Å². The average molecular weight is 422 g/mol. The average Bonchev–Trinajstić information content (AvgIpc) is 3.21. The van der Waals surface area contributed by atoms with Crippen LogP contribution in [0.4, 0.5) is 16.0 Å². The first-order chi connectivity index (χ1) is 14.9. The van der Waals surface area contributed by atoms with Gasteiger partial charge in [-0.3, -0.25) is 14.3 Å². The zero-order chi connectivity index (χ0) is 22.0. The molecule has 1 aliphatic rings. The van der Waals surface area contributed by atoms with Crippen molar-refractivity contribution in [3.05, 3.63) is 71.3 Å². The molecular weight excluding hydrogens is 393 g/mol. The van der Waals surface area contributed by atoms with Crippen LogP contribution >= 0.6 is 0 Å². The fourth-order valence-electron chi connectivity index (χ4n) is 4.23. The molecule has 0 unspecified atom stereocenters. The van der Waals surface area contributed by atoms with Gasteiger partial charge < -0.3 is 10.2 Å². The molecule has 1 saturated heterocycles. The highest BCUT2D eigenvalue weighted by Gasteiger charge is 2.23. The number of carbonyl (C=O) groups excluding carboxylic acids is 1. The van der Waals surface area contributed by atoms with E-state index >= 15 is 0 Å². The molecule has 2 aromatic carbocycles. The summed E-state index contributed by atoms with van der Waals surface area (Å²) < 4.78 is 16.0. The molecule has 0 saturated carbocycles. The first-order valence-corrected chi connectivity index (χ1v) is 10.6. The fraction of sp³-hybridized carbons (Fsp3) is 0.333. The number of nitrogens with one attached hydrogen (secondary N) is 1. The Balaban J connectivity index is 1.37. The van der Waals surface area contributed by atoms with Crippen molar-refractivity contribution in [2.75, 3.05) is 42.9 Å². The maximum Gasteiger partial charge on any atom is 0.238 e. The molecule has 4 rings (SSSR count). The number of imidazole rings is 1. The van der Waals surface area contributed by atoms with Gasteiger partial charge >= 0.3 is 0 Å². The maximum absolute atomic E-state index is 14.2. The van der Waals surface area contributed by atoms with Gasteiger partial charge in [-0.25, -0.2) is 9.37 Å². The van der Waals surface area contributed by atoms with Gasteiger partial charge in [0.15, 0.2) is 0 Å². The Morgan fingerprint density at radius 3 is 2.42 bits per heavy atom. The lowest BCUT2D eigenvalue weighted by atomic mass is 10.1. The van der Waals surface area contributed by atoms with E-state index < -0.39 is 0 Å². The zero-order valence-electron chi connectivity index (χ0n) is 18.2. The minimum Gasteiger partial charge on any atom is -0.339 e. The number of piperazine rings is 1. The van der Waals surface area contributed by atoms with E-state index in [-0.39, 0.29) is 11.7 Å². The predicted octanol–water partition coefficient (Wildman–Crippen LogP) is 3.70. The lowest BCUT2D eigenvalue weighted by Crippen LogP contribution is -2.49. The fourth-order valence-corrected chi connectivity index (χ4v) is 4.23. The third-order valence-electron chi connectivity index (χ3n) is 5.70. The van der Waals surface area contributed by atoms with Crippen molar-refractivity contribution in [3.63, 3.8) is 0 Å². The molecule has 1 amide bonds. The number of aryl methyl sites for hydroxylation is 3. The number of para-hydroxylation sites is 1. The SMILES string of the molecule is Cc1cc(C)c(NC(=O)CN2CCN(c3nccn3-c3ccccc3F)CC2)c(C)c1. The van der Waals surface area contributed by atoms with Crippen LogP contribution in [-0.2, 0) is 4.79 Å². The lowest BCUT2D eigenvalue weighted by Gasteiger charge is -2.35. The molecule has 0 atom stereocenters. The molecule has 2 heterocycles. The third kappa shape index (κ3) is 4.61. The molecule has 162 valence electrons. The second kappa shape index (κ2) is 8.89. The number of amides is 1. The first-order valence-electron chi connectivity index (χ1n) is 10.6. The first kappa shape index (κ1) is 21.1. The Hall–Kier alpha value is -3.19. The van der Waals surface area contributed by atoms with Gasteiger partial charge in [0.1, 0.15) is 5.82 Å².